The first kappa shape index (κ1) is 9.39. The van der Waals surface area contributed by atoms with Crippen molar-refractivity contribution in [2.24, 2.45) is 0 Å². The zero-order chi connectivity index (χ0) is 9.68. The standard InChI is InChI=1S/C11H9FO/c1-2-3-8-11(13)9-6-4-5-7-10(9)12/h2-8H,1H2. The smallest absolute Gasteiger partial charge is 0.188 e. The van der Waals surface area contributed by atoms with E-state index in [1.807, 2.05) is 0 Å². The van der Waals surface area contributed by atoms with Gasteiger partial charge in [0, 0.05) is 0 Å². The molecule has 0 saturated heterocycles. The summed E-state index contributed by atoms with van der Waals surface area (Å²) in [6.45, 7) is 3.42. The van der Waals surface area contributed by atoms with E-state index in [2.05, 4.69) is 6.58 Å². The van der Waals surface area contributed by atoms with E-state index in [9.17, 15) is 9.18 Å². The molecule has 0 amide bonds. The van der Waals surface area contributed by atoms with Gasteiger partial charge >= 0.3 is 0 Å². The lowest BCUT2D eigenvalue weighted by atomic mass is 10.1. The lowest BCUT2D eigenvalue weighted by Crippen LogP contribution is -1.97. The Labute approximate surface area is 76.2 Å². The molecule has 0 saturated carbocycles. The van der Waals surface area contributed by atoms with Crippen molar-refractivity contribution in [1.29, 1.82) is 0 Å². The van der Waals surface area contributed by atoms with E-state index in [0.717, 1.165) is 0 Å². The molecule has 0 aromatic heterocycles. The molecule has 13 heavy (non-hydrogen) atoms. The highest BCUT2D eigenvalue weighted by molar-refractivity contribution is 6.04. The summed E-state index contributed by atoms with van der Waals surface area (Å²) < 4.78 is 13.0. The molecular formula is C11H9FO. The lowest BCUT2D eigenvalue weighted by molar-refractivity contribution is 0.104. The zero-order valence-electron chi connectivity index (χ0n) is 7.03. The van der Waals surface area contributed by atoms with Gasteiger partial charge in [-0.3, -0.25) is 4.79 Å². The van der Waals surface area contributed by atoms with Gasteiger partial charge in [-0.15, -0.1) is 0 Å². The Morgan fingerprint density at radius 3 is 2.69 bits per heavy atom. The fraction of sp³-hybridized carbons (Fsp3) is 0. The molecule has 1 nitrogen and oxygen atoms in total. The molecule has 0 atom stereocenters. The second kappa shape index (κ2) is 4.36. The Morgan fingerprint density at radius 1 is 1.38 bits per heavy atom. The van der Waals surface area contributed by atoms with Crippen molar-refractivity contribution in [2.45, 2.75) is 0 Å². The van der Waals surface area contributed by atoms with E-state index in [0.29, 0.717) is 0 Å². The van der Waals surface area contributed by atoms with Gasteiger partial charge in [0.25, 0.3) is 0 Å². The van der Waals surface area contributed by atoms with Crippen molar-refractivity contribution in [1.82, 2.24) is 0 Å². The minimum absolute atomic E-state index is 0.0839. The SMILES string of the molecule is C=CC=CC(=O)c1ccccc1F. The molecule has 0 fully saturated rings. The van der Waals surface area contributed by atoms with Gasteiger partial charge in [-0.1, -0.05) is 30.9 Å². The van der Waals surface area contributed by atoms with Crippen LogP contribution >= 0.6 is 0 Å². The summed E-state index contributed by atoms with van der Waals surface area (Å²) in [5.41, 5.74) is 0.0839. The maximum absolute atomic E-state index is 13.0. The minimum Gasteiger partial charge on any atom is -0.289 e. The number of carbonyl (C=O) groups is 1. The number of benzene rings is 1. The number of halogens is 1. The van der Waals surface area contributed by atoms with Crippen LogP contribution < -0.4 is 0 Å². The van der Waals surface area contributed by atoms with E-state index in [1.165, 1.54) is 30.4 Å². The topological polar surface area (TPSA) is 17.1 Å². The van der Waals surface area contributed by atoms with Gasteiger partial charge in [-0.25, -0.2) is 4.39 Å². The van der Waals surface area contributed by atoms with Crippen molar-refractivity contribution < 1.29 is 9.18 Å². The summed E-state index contributed by atoms with van der Waals surface area (Å²) in [4.78, 5) is 11.2. The fourth-order valence-corrected chi connectivity index (χ4v) is 0.906. The third-order valence-electron chi connectivity index (χ3n) is 1.52. The first-order valence-corrected chi connectivity index (χ1v) is 3.83. The molecule has 0 aliphatic heterocycles. The third kappa shape index (κ3) is 2.37. The number of hydrogen-bond acceptors (Lipinski definition) is 1. The Hall–Kier alpha value is -1.70. The van der Waals surface area contributed by atoms with Gasteiger partial charge in [0.05, 0.1) is 5.56 Å². The molecule has 0 aliphatic rings. The van der Waals surface area contributed by atoms with Crippen LogP contribution in [-0.2, 0) is 0 Å². The molecule has 66 valence electrons. The van der Waals surface area contributed by atoms with E-state index >= 15 is 0 Å². The van der Waals surface area contributed by atoms with Gasteiger partial charge in [-0.05, 0) is 18.2 Å². The van der Waals surface area contributed by atoms with Gasteiger partial charge in [0.2, 0.25) is 0 Å². The van der Waals surface area contributed by atoms with Crippen molar-refractivity contribution in [3.8, 4) is 0 Å². The highest BCUT2D eigenvalue weighted by Crippen LogP contribution is 2.07. The van der Waals surface area contributed by atoms with E-state index in [1.54, 1.807) is 12.1 Å². The van der Waals surface area contributed by atoms with Crippen LogP contribution in [0.2, 0.25) is 0 Å². The average Bonchev–Trinajstić information content (AvgIpc) is 2.15. The Kier molecular flexibility index (Phi) is 3.15. The normalized spacial score (nSPS) is 10.2. The first-order valence-electron chi connectivity index (χ1n) is 3.83. The molecule has 0 heterocycles. The summed E-state index contributed by atoms with van der Waals surface area (Å²) in [7, 11) is 0. The number of allylic oxidation sites excluding steroid dienone is 3. The molecule has 2 heteroatoms. The minimum atomic E-state index is -0.499. The monoisotopic (exact) mass is 176 g/mol. The fourth-order valence-electron chi connectivity index (χ4n) is 0.906. The largest absolute Gasteiger partial charge is 0.289 e. The summed E-state index contributed by atoms with van der Waals surface area (Å²) >= 11 is 0. The summed E-state index contributed by atoms with van der Waals surface area (Å²) in [6.07, 6.45) is 4.24. The molecule has 1 aromatic rings. The Balaban J connectivity index is 2.95. The molecule has 1 rings (SSSR count). The van der Waals surface area contributed by atoms with Gasteiger partial charge in [0.15, 0.2) is 5.78 Å². The molecule has 0 radical (unpaired) electrons. The summed E-state index contributed by atoms with van der Waals surface area (Å²) in [5, 5.41) is 0. The predicted octanol–water partition coefficient (Wildman–Crippen LogP) is 2.75. The highest BCUT2D eigenvalue weighted by Gasteiger charge is 2.05. The van der Waals surface area contributed by atoms with Crippen LogP contribution in [0.4, 0.5) is 4.39 Å². The van der Waals surface area contributed by atoms with Crippen molar-refractivity contribution in [3.05, 3.63) is 60.5 Å². The average molecular weight is 176 g/mol. The predicted molar refractivity (Wildman–Crippen MR) is 50.1 cm³/mol. The van der Waals surface area contributed by atoms with Crippen molar-refractivity contribution >= 4 is 5.78 Å². The second-order valence-corrected chi connectivity index (χ2v) is 2.44. The molecule has 0 N–H and O–H groups in total. The lowest BCUT2D eigenvalue weighted by Gasteiger charge is -1.95. The van der Waals surface area contributed by atoms with E-state index in [4.69, 9.17) is 0 Å². The number of carbonyl (C=O) groups excluding carboxylic acids is 1. The summed E-state index contributed by atoms with van der Waals surface area (Å²) in [6, 6.07) is 5.88. The van der Waals surface area contributed by atoms with Crippen LogP contribution in [0.3, 0.4) is 0 Å². The second-order valence-electron chi connectivity index (χ2n) is 2.44. The molecule has 1 aromatic carbocycles. The maximum Gasteiger partial charge on any atom is 0.188 e. The van der Waals surface area contributed by atoms with Crippen LogP contribution in [-0.4, -0.2) is 5.78 Å². The van der Waals surface area contributed by atoms with Gasteiger partial charge < -0.3 is 0 Å². The quantitative estimate of drug-likeness (QED) is 0.393. The zero-order valence-corrected chi connectivity index (χ0v) is 7.03. The molecular weight excluding hydrogens is 167 g/mol. The molecule has 0 spiro atoms. The molecule has 0 bridgehead atoms. The van der Waals surface area contributed by atoms with Crippen molar-refractivity contribution in [3.63, 3.8) is 0 Å². The van der Waals surface area contributed by atoms with E-state index < -0.39 is 5.82 Å². The number of ketones is 1. The Morgan fingerprint density at radius 2 is 2.08 bits per heavy atom. The van der Waals surface area contributed by atoms with Crippen LogP contribution in [0.5, 0.6) is 0 Å². The van der Waals surface area contributed by atoms with Crippen LogP contribution in [0.25, 0.3) is 0 Å². The molecule has 0 unspecified atom stereocenters. The van der Waals surface area contributed by atoms with Gasteiger partial charge in [-0.2, -0.15) is 0 Å². The molecule has 0 aliphatic carbocycles. The third-order valence-corrected chi connectivity index (χ3v) is 1.52. The number of hydrogen-bond donors (Lipinski definition) is 0. The number of rotatable bonds is 3. The van der Waals surface area contributed by atoms with E-state index in [-0.39, 0.29) is 11.3 Å². The van der Waals surface area contributed by atoms with Crippen LogP contribution in [0, 0.1) is 5.82 Å². The van der Waals surface area contributed by atoms with Gasteiger partial charge in [0.1, 0.15) is 5.82 Å². The highest BCUT2D eigenvalue weighted by atomic mass is 19.1. The first-order chi connectivity index (χ1) is 6.25. The maximum atomic E-state index is 13.0. The summed E-state index contributed by atoms with van der Waals surface area (Å²) in [5.74, 6) is -0.848. The Bertz CT molecular complexity index is 353. The van der Waals surface area contributed by atoms with Crippen molar-refractivity contribution in [2.75, 3.05) is 0 Å². The van der Waals surface area contributed by atoms with Crippen LogP contribution in [0.1, 0.15) is 10.4 Å². The van der Waals surface area contributed by atoms with Crippen LogP contribution in [0.15, 0.2) is 49.1 Å².